The number of halogens is 11. The Hall–Kier alpha value is -0.770. The summed E-state index contributed by atoms with van der Waals surface area (Å²) < 4.78 is 130. The molecule has 0 amide bonds. The van der Waals surface area contributed by atoms with E-state index in [4.69, 9.17) is 0 Å². The number of hydrogen-bond donors (Lipinski definition) is 0. The van der Waals surface area contributed by atoms with E-state index in [0.29, 0.717) is 0 Å². The van der Waals surface area contributed by atoms with E-state index in [1.165, 1.54) is 0 Å². The summed E-state index contributed by atoms with van der Waals surface area (Å²) in [6, 6.07) is 0. The summed E-state index contributed by atoms with van der Waals surface area (Å²) in [4.78, 5) is 0. The molecule has 0 rings (SSSR count). The molecule has 0 aliphatic rings. The van der Waals surface area contributed by atoms with Crippen LogP contribution in [-0.4, -0.2) is 30.4 Å². The van der Waals surface area contributed by atoms with Gasteiger partial charge in [-0.05, 0) is 0 Å². The average Bonchev–Trinajstić information content (AvgIpc) is 1.95. The Morgan fingerprint density at radius 1 is 0.706 bits per heavy atom. The SMILES string of the molecule is FC(C(F)(F)F)C(F)(F)C(F)(F)CC(F)(F)F. The molecule has 0 fully saturated rings. The summed E-state index contributed by atoms with van der Waals surface area (Å²) in [6.07, 6.45) is -21.2. The molecule has 11 heteroatoms. The first-order valence-electron chi connectivity index (χ1n) is 3.64. The quantitative estimate of drug-likeness (QED) is 0.684. The number of rotatable bonds is 3. The van der Waals surface area contributed by atoms with Crippen LogP contribution in [0, 0.1) is 0 Å². The molecular formula is C6H3F11. The van der Waals surface area contributed by atoms with Gasteiger partial charge in [0.1, 0.15) is 6.42 Å². The minimum Gasteiger partial charge on any atom is -0.230 e. The Labute approximate surface area is 86.4 Å². The lowest BCUT2D eigenvalue weighted by Crippen LogP contribution is -2.54. The third-order valence-corrected chi connectivity index (χ3v) is 1.52. The van der Waals surface area contributed by atoms with Gasteiger partial charge in [0.2, 0.25) is 0 Å². The first kappa shape index (κ1) is 16.2. The minimum atomic E-state index is -6.50. The van der Waals surface area contributed by atoms with Gasteiger partial charge in [0.05, 0.1) is 0 Å². The number of alkyl halides is 11. The van der Waals surface area contributed by atoms with Gasteiger partial charge >= 0.3 is 24.2 Å². The van der Waals surface area contributed by atoms with Gasteiger partial charge in [-0.2, -0.15) is 43.9 Å². The zero-order valence-corrected chi connectivity index (χ0v) is 7.44. The Bertz CT molecular complexity index is 258. The van der Waals surface area contributed by atoms with Crippen LogP contribution in [-0.2, 0) is 0 Å². The molecular weight excluding hydrogens is 281 g/mol. The molecule has 0 aromatic heterocycles. The highest BCUT2D eigenvalue weighted by molar-refractivity contribution is 4.95. The third-order valence-electron chi connectivity index (χ3n) is 1.52. The summed E-state index contributed by atoms with van der Waals surface area (Å²) in [5.74, 6) is -12.7. The summed E-state index contributed by atoms with van der Waals surface area (Å²) in [6.45, 7) is 0. The standard InChI is InChI=1S/C6H3F11/c7-2(6(15,16)17)5(13,14)3(8,9)1-4(10,11)12/h2H,1H2. The molecule has 17 heavy (non-hydrogen) atoms. The molecule has 0 aliphatic carbocycles. The van der Waals surface area contributed by atoms with Gasteiger partial charge in [-0.25, -0.2) is 4.39 Å². The normalized spacial score (nSPS) is 17.1. The van der Waals surface area contributed by atoms with Crippen molar-refractivity contribution in [2.45, 2.75) is 36.8 Å². The second-order valence-electron chi connectivity index (χ2n) is 3.02. The van der Waals surface area contributed by atoms with Crippen LogP contribution in [0.5, 0.6) is 0 Å². The van der Waals surface area contributed by atoms with E-state index in [2.05, 4.69) is 0 Å². The van der Waals surface area contributed by atoms with Crippen LogP contribution >= 0.6 is 0 Å². The van der Waals surface area contributed by atoms with E-state index in [-0.39, 0.29) is 0 Å². The van der Waals surface area contributed by atoms with E-state index in [9.17, 15) is 48.3 Å². The minimum absolute atomic E-state index is 3.55. The van der Waals surface area contributed by atoms with Crippen LogP contribution in [0.3, 0.4) is 0 Å². The molecule has 0 saturated carbocycles. The predicted octanol–water partition coefficient (Wildman–Crippen LogP) is 4.11. The van der Waals surface area contributed by atoms with E-state index in [1.54, 1.807) is 0 Å². The highest BCUT2D eigenvalue weighted by Crippen LogP contribution is 2.48. The van der Waals surface area contributed by atoms with Gasteiger partial charge in [-0.1, -0.05) is 0 Å². The molecule has 0 N–H and O–H groups in total. The Balaban J connectivity index is 5.16. The van der Waals surface area contributed by atoms with Gasteiger partial charge < -0.3 is 0 Å². The van der Waals surface area contributed by atoms with E-state index < -0.39 is 36.8 Å². The highest BCUT2D eigenvalue weighted by Gasteiger charge is 2.71. The smallest absolute Gasteiger partial charge is 0.230 e. The van der Waals surface area contributed by atoms with Crippen LogP contribution < -0.4 is 0 Å². The summed E-state index contributed by atoms with van der Waals surface area (Å²) in [7, 11) is 0. The summed E-state index contributed by atoms with van der Waals surface area (Å²) in [5.41, 5.74) is 0. The molecule has 0 bridgehead atoms. The van der Waals surface area contributed by atoms with E-state index >= 15 is 0 Å². The molecule has 1 unspecified atom stereocenters. The van der Waals surface area contributed by atoms with Gasteiger partial charge in [0.25, 0.3) is 6.17 Å². The Morgan fingerprint density at radius 2 is 1.06 bits per heavy atom. The van der Waals surface area contributed by atoms with Crippen molar-refractivity contribution in [3.8, 4) is 0 Å². The number of hydrogen-bond acceptors (Lipinski definition) is 0. The molecule has 0 aliphatic heterocycles. The van der Waals surface area contributed by atoms with Crippen molar-refractivity contribution in [3.05, 3.63) is 0 Å². The van der Waals surface area contributed by atoms with Gasteiger partial charge in [0.15, 0.2) is 0 Å². The fraction of sp³-hybridized carbons (Fsp3) is 1.00. The zero-order valence-electron chi connectivity index (χ0n) is 7.44. The van der Waals surface area contributed by atoms with Crippen LogP contribution in [0.25, 0.3) is 0 Å². The zero-order chi connectivity index (χ0) is 14.3. The summed E-state index contributed by atoms with van der Waals surface area (Å²) >= 11 is 0. The summed E-state index contributed by atoms with van der Waals surface area (Å²) in [5, 5.41) is 0. The first-order chi connectivity index (χ1) is 7.11. The molecule has 0 saturated heterocycles. The van der Waals surface area contributed by atoms with Crippen molar-refractivity contribution in [2.24, 2.45) is 0 Å². The third kappa shape index (κ3) is 3.87. The molecule has 0 aromatic rings. The molecule has 0 heterocycles. The van der Waals surface area contributed by atoms with Crippen molar-refractivity contribution < 1.29 is 48.3 Å². The van der Waals surface area contributed by atoms with Crippen molar-refractivity contribution in [3.63, 3.8) is 0 Å². The van der Waals surface area contributed by atoms with Gasteiger partial charge in [0, 0.05) is 0 Å². The maximum Gasteiger partial charge on any atom is 0.425 e. The van der Waals surface area contributed by atoms with Crippen LogP contribution in [0.15, 0.2) is 0 Å². The van der Waals surface area contributed by atoms with E-state index in [1.807, 2.05) is 0 Å². The molecule has 0 nitrogen and oxygen atoms in total. The van der Waals surface area contributed by atoms with Crippen LogP contribution in [0.1, 0.15) is 6.42 Å². The monoisotopic (exact) mass is 284 g/mol. The fourth-order valence-corrected chi connectivity index (χ4v) is 0.761. The van der Waals surface area contributed by atoms with E-state index in [0.717, 1.165) is 0 Å². The van der Waals surface area contributed by atoms with Crippen LogP contribution in [0.2, 0.25) is 0 Å². The predicted molar refractivity (Wildman–Crippen MR) is 31.5 cm³/mol. The highest BCUT2D eigenvalue weighted by atomic mass is 19.4. The first-order valence-corrected chi connectivity index (χ1v) is 3.64. The second kappa shape index (κ2) is 4.16. The van der Waals surface area contributed by atoms with Crippen molar-refractivity contribution >= 4 is 0 Å². The molecule has 0 radical (unpaired) electrons. The van der Waals surface area contributed by atoms with Crippen molar-refractivity contribution in [2.75, 3.05) is 0 Å². The lowest BCUT2D eigenvalue weighted by Gasteiger charge is -2.30. The lowest BCUT2D eigenvalue weighted by atomic mass is 10.0. The fourth-order valence-electron chi connectivity index (χ4n) is 0.761. The largest absolute Gasteiger partial charge is 0.425 e. The van der Waals surface area contributed by atoms with Gasteiger partial charge in [-0.3, -0.25) is 0 Å². The topological polar surface area (TPSA) is 0 Å². The maximum absolute atomic E-state index is 12.3. The molecule has 104 valence electrons. The van der Waals surface area contributed by atoms with Crippen molar-refractivity contribution in [1.29, 1.82) is 0 Å². The van der Waals surface area contributed by atoms with Crippen molar-refractivity contribution in [1.82, 2.24) is 0 Å². The van der Waals surface area contributed by atoms with Crippen LogP contribution in [0.4, 0.5) is 48.3 Å². The van der Waals surface area contributed by atoms with Gasteiger partial charge in [-0.15, -0.1) is 0 Å². The lowest BCUT2D eigenvalue weighted by molar-refractivity contribution is -0.325. The maximum atomic E-state index is 12.3. The Morgan fingerprint density at radius 3 is 1.29 bits per heavy atom. The Kier molecular flexibility index (Phi) is 3.97. The molecule has 0 aromatic carbocycles. The molecule has 1 atom stereocenters. The average molecular weight is 284 g/mol. The second-order valence-corrected chi connectivity index (χ2v) is 3.02. The molecule has 0 spiro atoms.